The summed E-state index contributed by atoms with van der Waals surface area (Å²) in [5.74, 6) is 0.485. The number of anilines is 1. The van der Waals surface area contributed by atoms with Gasteiger partial charge in [-0.3, -0.25) is 4.98 Å². The van der Waals surface area contributed by atoms with Gasteiger partial charge in [-0.25, -0.2) is 4.79 Å². The zero-order valence-electron chi connectivity index (χ0n) is 9.92. The molecule has 1 N–H and O–H groups in total. The number of aromatic amines is 1. The summed E-state index contributed by atoms with van der Waals surface area (Å²) >= 11 is 0. The van der Waals surface area contributed by atoms with Crippen LogP contribution in [0.5, 0.6) is 0 Å². The van der Waals surface area contributed by atoms with Gasteiger partial charge in [-0.2, -0.15) is 10.2 Å². The number of nitriles is 1. The van der Waals surface area contributed by atoms with Crippen molar-refractivity contribution in [1.29, 1.82) is 5.26 Å². The van der Waals surface area contributed by atoms with Crippen LogP contribution in [0.2, 0.25) is 0 Å². The molecule has 5 heteroatoms. The minimum absolute atomic E-state index is 0.213. The summed E-state index contributed by atoms with van der Waals surface area (Å²) < 4.78 is 0. The third-order valence-electron chi connectivity index (χ3n) is 2.51. The van der Waals surface area contributed by atoms with Gasteiger partial charge in [0.1, 0.15) is 17.6 Å². The average Bonchev–Trinajstić information content (AvgIpc) is 2.39. The van der Waals surface area contributed by atoms with Crippen molar-refractivity contribution < 1.29 is 0 Å². The van der Waals surface area contributed by atoms with Gasteiger partial charge < -0.3 is 4.90 Å². The van der Waals surface area contributed by atoms with Gasteiger partial charge in [0.05, 0.1) is 0 Å². The molecule has 0 spiro atoms. The van der Waals surface area contributed by atoms with E-state index in [1.54, 1.807) is 6.07 Å². The second-order valence-corrected chi connectivity index (χ2v) is 3.91. The number of nitrogens with one attached hydrogen (secondary N) is 1. The van der Waals surface area contributed by atoms with Gasteiger partial charge in [-0.1, -0.05) is 30.3 Å². The van der Waals surface area contributed by atoms with Gasteiger partial charge in [-0.05, 0) is 5.56 Å². The summed E-state index contributed by atoms with van der Waals surface area (Å²) in [5, 5.41) is 8.79. The normalized spacial score (nSPS) is 9.78. The molecule has 5 nitrogen and oxygen atoms in total. The Balaban J connectivity index is 2.24. The molecule has 0 atom stereocenters. The fourth-order valence-electron chi connectivity index (χ4n) is 1.64. The summed E-state index contributed by atoms with van der Waals surface area (Å²) in [4.78, 5) is 19.3. The zero-order valence-corrected chi connectivity index (χ0v) is 9.92. The van der Waals surface area contributed by atoms with E-state index in [0.717, 1.165) is 5.56 Å². The first-order chi connectivity index (χ1) is 8.69. The van der Waals surface area contributed by atoms with E-state index < -0.39 is 5.69 Å². The smallest absolute Gasteiger partial charge is 0.347 e. The maximum atomic E-state index is 11.3. The Labute approximate surface area is 104 Å². The van der Waals surface area contributed by atoms with E-state index in [0.29, 0.717) is 12.4 Å². The molecule has 0 amide bonds. The lowest BCUT2D eigenvalue weighted by Crippen LogP contribution is -2.22. The van der Waals surface area contributed by atoms with Crippen LogP contribution in [0.1, 0.15) is 11.3 Å². The average molecular weight is 240 g/mol. The van der Waals surface area contributed by atoms with Crippen LogP contribution >= 0.6 is 0 Å². The highest BCUT2D eigenvalue weighted by Crippen LogP contribution is 2.11. The lowest BCUT2D eigenvalue weighted by atomic mass is 10.2. The maximum absolute atomic E-state index is 11.3. The van der Waals surface area contributed by atoms with Crippen LogP contribution in [0.25, 0.3) is 0 Å². The van der Waals surface area contributed by atoms with Crippen LogP contribution in [0.15, 0.2) is 41.2 Å². The summed E-state index contributed by atoms with van der Waals surface area (Å²) in [6.45, 7) is 0.627. The fraction of sp³-hybridized carbons (Fsp3) is 0.154. The summed E-state index contributed by atoms with van der Waals surface area (Å²) in [6, 6.07) is 13.3. The molecule has 1 aromatic carbocycles. The number of nitrogens with zero attached hydrogens (tertiary/aromatic N) is 3. The van der Waals surface area contributed by atoms with Gasteiger partial charge in [-0.15, -0.1) is 0 Å². The summed E-state index contributed by atoms with van der Waals surface area (Å²) in [6.07, 6.45) is 0. The molecule has 0 aliphatic rings. The Kier molecular flexibility index (Phi) is 3.39. The van der Waals surface area contributed by atoms with Crippen LogP contribution in [0.4, 0.5) is 5.82 Å². The Bertz CT molecular complexity index is 627. The quantitative estimate of drug-likeness (QED) is 0.877. The second-order valence-electron chi connectivity index (χ2n) is 3.91. The van der Waals surface area contributed by atoms with Crippen LogP contribution in [-0.4, -0.2) is 17.0 Å². The molecule has 0 aliphatic heterocycles. The van der Waals surface area contributed by atoms with Crippen LogP contribution in [-0.2, 0) is 6.54 Å². The highest BCUT2D eigenvalue weighted by molar-refractivity contribution is 5.41. The van der Waals surface area contributed by atoms with E-state index in [4.69, 9.17) is 5.26 Å². The van der Waals surface area contributed by atoms with E-state index in [9.17, 15) is 4.79 Å². The molecule has 0 saturated heterocycles. The van der Waals surface area contributed by atoms with E-state index in [1.165, 1.54) is 0 Å². The van der Waals surface area contributed by atoms with E-state index in [-0.39, 0.29) is 5.69 Å². The number of rotatable bonds is 3. The first-order valence-corrected chi connectivity index (χ1v) is 5.45. The maximum Gasteiger partial charge on any atom is 0.347 e. The van der Waals surface area contributed by atoms with Gasteiger partial charge >= 0.3 is 5.69 Å². The molecule has 1 heterocycles. The number of H-pyrrole nitrogens is 1. The van der Waals surface area contributed by atoms with Crippen molar-refractivity contribution in [2.24, 2.45) is 0 Å². The molecule has 2 rings (SSSR count). The van der Waals surface area contributed by atoms with Gasteiger partial charge in [0.25, 0.3) is 0 Å². The molecule has 0 aliphatic carbocycles. The number of hydrogen-bond acceptors (Lipinski definition) is 4. The number of aromatic nitrogens is 2. The first kappa shape index (κ1) is 11.9. The van der Waals surface area contributed by atoms with Crippen molar-refractivity contribution >= 4 is 5.82 Å². The molecule has 1 aromatic heterocycles. The Morgan fingerprint density at radius 1 is 1.39 bits per heavy atom. The van der Waals surface area contributed by atoms with Crippen molar-refractivity contribution in [3.63, 3.8) is 0 Å². The highest BCUT2D eigenvalue weighted by Gasteiger charge is 2.06. The number of benzene rings is 1. The van der Waals surface area contributed by atoms with Crippen molar-refractivity contribution in [3.8, 4) is 6.07 Å². The topological polar surface area (TPSA) is 72.8 Å². The second kappa shape index (κ2) is 5.15. The molecule has 0 saturated carbocycles. The Morgan fingerprint density at radius 3 is 2.78 bits per heavy atom. The third kappa shape index (κ3) is 2.74. The van der Waals surface area contributed by atoms with Crippen molar-refractivity contribution in [1.82, 2.24) is 9.97 Å². The minimum Gasteiger partial charge on any atom is -0.355 e. The highest BCUT2D eigenvalue weighted by atomic mass is 16.1. The van der Waals surface area contributed by atoms with Gasteiger partial charge in [0, 0.05) is 19.7 Å². The predicted octanol–water partition coefficient (Wildman–Crippen LogP) is 1.28. The molecular formula is C13H12N4O. The van der Waals surface area contributed by atoms with Crippen molar-refractivity contribution in [3.05, 3.63) is 58.1 Å². The predicted molar refractivity (Wildman–Crippen MR) is 68.1 cm³/mol. The third-order valence-corrected chi connectivity index (χ3v) is 2.51. The minimum atomic E-state index is -0.510. The first-order valence-electron chi connectivity index (χ1n) is 5.45. The monoisotopic (exact) mass is 240 g/mol. The molecule has 2 aromatic rings. The molecular weight excluding hydrogens is 228 g/mol. The lowest BCUT2D eigenvalue weighted by molar-refractivity contribution is 0.878. The molecule has 0 fully saturated rings. The standard InChI is InChI=1S/C13H12N4O/c1-17(9-10-5-3-2-4-6-10)12-7-11(8-14)15-13(18)16-12/h2-7H,9H2,1H3,(H,15,16,18). The largest absolute Gasteiger partial charge is 0.355 e. The van der Waals surface area contributed by atoms with Crippen LogP contribution < -0.4 is 10.6 Å². The van der Waals surface area contributed by atoms with Crippen molar-refractivity contribution in [2.75, 3.05) is 11.9 Å². The van der Waals surface area contributed by atoms with E-state index in [2.05, 4.69) is 9.97 Å². The molecule has 90 valence electrons. The van der Waals surface area contributed by atoms with Gasteiger partial charge in [0.15, 0.2) is 0 Å². The fourth-order valence-corrected chi connectivity index (χ4v) is 1.64. The zero-order chi connectivity index (χ0) is 13.0. The molecule has 0 bridgehead atoms. The lowest BCUT2D eigenvalue weighted by Gasteiger charge is -2.17. The van der Waals surface area contributed by atoms with Crippen LogP contribution in [0.3, 0.4) is 0 Å². The van der Waals surface area contributed by atoms with Crippen LogP contribution in [0, 0.1) is 11.3 Å². The van der Waals surface area contributed by atoms with E-state index in [1.807, 2.05) is 48.3 Å². The summed E-state index contributed by atoms with van der Waals surface area (Å²) in [7, 11) is 1.83. The Hall–Kier alpha value is -2.61. The van der Waals surface area contributed by atoms with E-state index >= 15 is 0 Å². The summed E-state index contributed by atoms with van der Waals surface area (Å²) in [5.41, 5.74) is 0.814. The number of hydrogen-bond donors (Lipinski definition) is 1. The molecule has 0 radical (unpaired) electrons. The Morgan fingerprint density at radius 2 is 2.11 bits per heavy atom. The van der Waals surface area contributed by atoms with Crippen molar-refractivity contribution in [2.45, 2.75) is 6.54 Å². The molecule has 18 heavy (non-hydrogen) atoms. The molecule has 0 unspecified atom stereocenters. The van der Waals surface area contributed by atoms with Gasteiger partial charge in [0.2, 0.25) is 0 Å². The SMILES string of the molecule is CN(Cc1ccccc1)c1cc(C#N)[nH]c(=O)n1.